The lowest BCUT2D eigenvalue weighted by molar-refractivity contribution is 0.0732. The molecule has 0 saturated carbocycles. The van der Waals surface area contributed by atoms with Crippen molar-refractivity contribution >= 4 is 15.9 Å². The molecular weight excluding hydrogens is 332 g/mol. The highest BCUT2D eigenvalue weighted by atomic mass is 32.2. The van der Waals surface area contributed by atoms with Gasteiger partial charge in [0.05, 0.1) is 12.0 Å². The predicted octanol–water partition coefficient (Wildman–Crippen LogP) is 0.858. The van der Waals surface area contributed by atoms with Crippen LogP contribution in [0.4, 0.5) is 0 Å². The van der Waals surface area contributed by atoms with Gasteiger partial charge >= 0.3 is 0 Å². The third-order valence-corrected chi connectivity index (χ3v) is 6.06. The van der Waals surface area contributed by atoms with Gasteiger partial charge in [-0.2, -0.15) is 9.40 Å². The second-order valence-electron chi connectivity index (χ2n) is 5.78. The van der Waals surface area contributed by atoms with Crippen molar-refractivity contribution in [3.63, 3.8) is 0 Å². The number of furan rings is 1. The first kappa shape index (κ1) is 16.7. The fourth-order valence-electron chi connectivity index (χ4n) is 2.86. The van der Waals surface area contributed by atoms with Crippen LogP contribution in [0, 0.1) is 6.92 Å². The first-order valence-electron chi connectivity index (χ1n) is 7.73. The first-order valence-corrected chi connectivity index (χ1v) is 9.17. The number of carbonyl (C=O) groups is 1. The molecule has 3 heterocycles. The van der Waals surface area contributed by atoms with E-state index in [4.69, 9.17) is 4.42 Å². The second kappa shape index (κ2) is 6.40. The number of amides is 1. The molecule has 1 aliphatic heterocycles. The smallest absolute Gasteiger partial charge is 0.289 e. The molecule has 2 aromatic heterocycles. The standard InChI is InChI=1S/C15H20N4O4S/c1-12-14(11-17(2)16-12)24(21,22)19-7-4-6-18(8-9-19)15(20)13-5-3-10-23-13/h3,5,10-11H,4,6-9H2,1-2H3. The van der Waals surface area contributed by atoms with Gasteiger partial charge in [0.2, 0.25) is 10.0 Å². The molecule has 0 aromatic carbocycles. The van der Waals surface area contributed by atoms with E-state index >= 15 is 0 Å². The molecule has 3 rings (SSSR count). The molecule has 0 aliphatic carbocycles. The maximum Gasteiger partial charge on any atom is 0.289 e. The van der Waals surface area contributed by atoms with Gasteiger partial charge in [-0.05, 0) is 25.5 Å². The van der Waals surface area contributed by atoms with Crippen LogP contribution in [0.15, 0.2) is 33.9 Å². The Bertz CT molecular complexity index is 826. The largest absolute Gasteiger partial charge is 0.459 e. The third kappa shape index (κ3) is 3.09. The SMILES string of the molecule is Cc1nn(C)cc1S(=O)(=O)N1CCCN(C(=O)c2ccco2)CC1. The topological polar surface area (TPSA) is 88.7 Å². The highest BCUT2D eigenvalue weighted by Gasteiger charge is 2.31. The maximum atomic E-state index is 12.8. The minimum absolute atomic E-state index is 0.211. The molecule has 0 atom stereocenters. The highest BCUT2D eigenvalue weighted by Crippen LogP contribution is 2.20. The van der Waals surface area contributed by atoms with Gasteiger partial charge in [0, 0.05) is 39.4 Å². The van der Waals surface area contributed by atoms with Crippen LogP contribution in [-0.4, -0.2) is 59.5 Å². The lowest BCUT2D eigenvalue weighted by Gasteiger charge is -2.21. The minimum Gasteiger partial charge on any atom is -0.459 e. The number of nitrogens with zero attached hydrogens (tertiary/aromatic N) is 4. The molecule has 1 saturated heterocycles. The number of aromatic nitrogens is 2. The van der Waals surface area contributed by atoms with Crippen LogP contribution in [0.2, 0.25) is 0 Å². The molecule has 24 heavy (non-hydrogen) atoms. The Morgan fingerprint density at radius 1 is 1.25 bits per heavy atom. The molecule has 1 fully saturated rings. The van der Waals surface area contributed by atoms with E-state index in [-0.39, 0.29) is 23.1 Å². The Balaban J connectivity index is 1.76. The normalized spacial score (nSPS) is 17.0. The van der Waals surface area contributed by atoms with Gasteiger partial charge in [-0.3, -0.25) is 9.48 Å². The second-order valence-corrected chi connectivity index (χ2v) is 7.69. The summed E-state index contributed by atoms with van der Waals surface area (Å²) in [5.41, 5.74) is 0.477. The van der Waals surface area contributed by atoms with Crippen LogP contribution < -0.4 is 0 Å². The van der Waals surface area contributed by atoms with E-state index in [2.05, 4.69) is 5.10 Å². The van der Waals surface area contributed by atoms with Crippen LogP contribution in [0.5, 0.6) is 0 Å². The number of hydrogen-bond donors (Lipinski definition) is 0. The maximum absolute atomic E-state index is 12.8. The van der Waals surface area contributed by atoms with E-state index in [1.54, 1.807) is 31.0 Å². The zero-order valence-electron chi connectivity index (χ0n) is 13.7. The summed E-state index contributed by atoms with van der Waals surface area (Å²) >= 11 is 0. The summed E-state index contributed by atoms with van der Waals surface area (Å²) in [7, 11) is -1.92. The average molecular weight is 352 g/mol. The number of carbonyl (C=O) groups excluding carboxylic acids is 1. The Hall–Kier alpha value is -2.13. The zero-order valence-corrected chi connectivity index (χ0v) is 14.5. The van der Waals surface area contributed by atoms with E-state index in [9.17, 15) is 13.2 Å². The molecule has 0 spiro atoms. The molecule has 0 bridgehead atoms. The average Bonchev–Trinajstić information content (AvgIpc) is 3.10. The summed E-state index contributed by atoms with van der Waals surface area (Å²) in [6, 6.07) is 3.27. The molecular formula is C15H20N4O4S. The minimum atomic E-state index is -3.61. The van der Waals surface area contributed by atoms with Crippen molar-refractivity contribution in [2.75, 3.05) is 26.2 Å². The van der Waals surface area contributed by atoms with Crippen molar-refractivity contribution < 1.29 is 17.6 Å². The molecule has 1 amide bonds. The van der Waals surface area contributed by atoms with Crippen LogP contribution in [-0.2, 0) is 17.1 Å². The lowest BCUT2D eigenvalue weighted by Crippen LogP contribution is -2.37. The number of aryl methyl sites for hydroxylation is 2. The first-order chi connectivity index (χ1) is 11.4. The Morgan fingerprint density at radius 2 is 2.04 bits per heavy atom. The Labute approximate surface area is 140 Å². The Kier molecular flexibility index (Phi) is 4.46. The number of hydrogen-bond acceptors (Lipinski definition) is 5. The van der Waals surface area contributed by atoms with Crippen molar-refractivity contribution in [1.29, 1.82) is 0 Å². The van der Waals surface area contributed by atoms with E-state index in [1.165, 1.54) is 21.4 Å². The monoisotopic (exact) mass is 352 g/mol. The van der Waals surface area contributed by atoms with Gasteiger partial charge in [0.1, 0.15) is 4.90 Å². The summed E-state index contributed by atoms with van der Waals surface area (Å²) < 4.78 is 33.7. The van der Waals surface area contributed by atoms with E-state index in [1.807, 2.05) is 0 Å². The number of sulfonamides is 1. The van der Waals surface area contributed by atoms with Gasteiger partial charge < -0.3 is 9.32 Å². The van der Waals surface area contributed by atoms with Crippen molar-refractivity contribution in [3.8, 4) is 0 Å². The molecule has 0 radical (unpaired) electrons. The van der Waals surface area contributed by atoms with E-state index < -0.39 is 10.0 Å². The fourth-order valence-corrected chi connectivity index (χ4v) is 4.53. The van der Waals surface area contributed by atoms with Gasteiger partial charge in [0.25, 0.3) is 5.91 Å². The van der Waals surface area contributed by atoms with Gasteiger partial charge in [-0.15, -0.1) is 0 Å². The van der Waals surface area contributed by atoms with Crippen LogP contribution in [0.1, 0.15) is 22.7 Å². The molecule has 2 aromatic rings. The fraction of sp³-hybridized carbons (Fsp3) is 0.467. The Morgan fingerprint density at radius 3 is 2.67 bits per heavy atom. The highest BCUT2D eigenvalue weighted by molar-refractivity contribution is 7.89. The lowest BCUT2D eigenvalue weighted by atomic mass is 10.3. The zero-order chi connectivity index (χ0) is 17.3. The van der Waals surface area contributed by atoms with E-state index in [0.29, 0.717) is 31.7 Å². The number of rotatable bonds is 3. The molecule has 130 valence electrons. The molecule has 0 N–H and O–H groups in total. The van der Waals surface area contributed by atoms with Crippen molar-refractivity contribution in [1.82, 2.24) is 19.0 Å². The summed E-state index contributed by atoms with van der Waals surface area (Å²) in [6.45, 7) is 3.13. The summed E-state index contributed by atoms with van der Waals surface area (Å²) in [6.07, 6.45) is 3.54. The van der Waals surface area contributed by atoms with Crippen molar-refractivity contribution in [2.24, 2.45) is 7.05 Å². The van der Waals surface area contributed by atoms with E-state index in [0.717, 1.165) is 0 Å². The molecule has 0 unspecified atom stereocenters. The van der Waals surface area contributed by atoms with Gasteiger partial charge in [-0.25, -0.2) is 8.42 Å². The van der Waals surface area contributed by atoms with Crippen molar-refractivity contribution in [3.05, 3.63) is 36.0 Å². The summed E-state index contributed by atoms with van der Waals surface area (Å²) in [4.78, 5) is 14.2. The van der Waals surface area contributed by atoms with Gasteiger partial charge in [-0.1, -0.05) is 0 Å². The van der Waals surface area contributed by atoms with Crippen molar-refractivity contribution in [2.45, 2.75) is 18.2 Å². The predicted molar refractivity (Wildman–Crippen MR) is 85.9 cm³/mol. The molecule has 8 nitrogen and oxygen atoms in total. The third-order valence-electron chi connectivity index (χ3n) is 4.06. The molecule has 1 aliphatic rings. The molecule has 9 heteroatoms. The van der Waals surface area contributed by atoms with Crippen LogP contribution >= 0.6 is 0 Å². The summed E-state index contributed by atoms with van der Waals surface area (Å²) in [5.74, 6) is 0.0613. The van der Waals surface area contributed by atoms with Crippen LogP contribution in [0.3, 0.4) is 0 Å². The quantitative estimate of drug-likeness (QED) is 0.817. The summed E-state index contributed by atoms with van der Waals surface area (Å²) in [5, 5.41) is 4.11. The van der Waals surface area contributed by atoms with Crippen LogP contribution in [0.25, 0.3) is 0 Å². The van der Waals surface area contributed by atoms with Gasteiger partial charge in [0.15, 0.2) is 5.76 Å².